The van der Waals surface area contributed by atoms with E-state index < -0.39 is 11.7 Å². The molecule has 0 fully saturated rings. The standard InChI is InChI=1S/C19H15FN2O2/c1-12-8-14-9-13(2-7-18(14)24-12)10-15(11-21)19(23)22-17-5-3-16(20)4-6-17/h2-7,9-10,12H,8H2,1H3,(H,22,23)/b15-10+/t12-/m1/s1. The van der Waals surface area contributed by atoms with Gasteiger partial charge in [0.1, 0.15) is 29.3 Å². The molecule has 0 aliphatic carbocycles. The van der Waals surface area contributed by atoms with Crippen molar-refractivity contribution < 1.29 is 13.9 Å². The fourth-order valence-corrected chi connectivity index (χ4v) is 2.58. The fourth-order valence-electron chi connectivity index (χ4n) is 2.58. The summed E-state index contributed by atoms with van der Waals surface area (Å²) in [7, 11) is 0. The maximum atomic E-state index is 12.9. The Bertz CT molecular complexity index is 851. The average molecular weight is 322 g/mol. The Balaban J connectivity index is 1.79. The largest absolute Gasteiger partial charge is 0.490 e. The van der Waals surface area contributed by atoms with E-state index in [1.807, 2.05) is 25.1 Å². The molecular formula is C19H15FN2O2. The molecule has 5 heteroatoms. The van der Waals surface area contributed by atoms with Gasteiger partial charge in [0.15, 0.2) is 0 Å². The summed E-state index contributed by atoms with van der Waals surface area (Å²) in [6.45, 7) is 1.99. The van der Waals surface area contributed by atoms with E-state index in [4.69, 9.17) is 4.74 Å². The first kappa shape index (κ1) is 15.8. The van der Waals surface area contributed by atoms with E-state index in [0.29, 0.717) is 5.69 Å². The third-order valence-electron chi connectivity index (χ3n) is 3.70. The Kier molecular flexibility index (Phi) is 4.30. The number of hydrogen-bond donors (Lipinski definition) is 1. The molecule has 24 heavy (non-hydrogen) atoms. The van der Waals surface area contributed by atoms with Crippen LogP contribution < -0.4 is 10.1 Å². The van der Waals surface area contributed by atoms with Crippen molar-refractivity contribution in [2.45, 2.75) is 19.4 Å². The number of hydrogen-bond acceptors (Lipinski definition) is 3. The van der Waals surface area contributed by atoms with Gasteiger partial charge in [-0.25, -0.2) is 4.39 Å². The van der Waals surface area contributed by atoms with E-state index in [-0.39, 0.29) is 11.7 Å². The summed E-state index contributed by atoms with van der Waals surface area (Å²) in [5, 5.41) is 11.8. The van der Waals surface area contributed by atoms with Crippen LogP contribution in [-0.4, -0.2) is 12.0 Å². The van der Waals surface area contributed by atoms with Crippen molar-refractivity contribution in [1.82, 2.24) is 0 Å². The van der Waals surface area contributed by atoms with E-state index in [1.54, 1.807) is 6.07 Å². The molecule has 0 bridgehead atoms. The van der Waals surface area contributed by atoms with Crippen LogP contribution in [0.4, 0.5) is 10.1 Å². The first-order valence-electron chi connectivity index (χ1n) is 7.53. The van der Waals surface area contributed by atoms with Crippen molar-refractivity contribution in [3.05, 3.63) is 65.0 Å². The summed E-state index contributed by atoms with van der Waals surface area (Å²) in [5.41, 5.74) is 2.23. The molecule has 3 rings (SSSR count). The fraction of sp³-hybridized carbons (Fsp3) is 0.158. The van der Waals surface area contributed by atoms with Crippen molar-refractivity contribution in [3.63, 3.8) is 0 Å². The number of amides is 1. The molecule has 1 atom stereocenters. The van der Waals surface area contributed by atoms with E-state index in [0.717, 1.165) is 23.3 Å². The van der Waals surface area contributed by atoms with Crippen LogP contribution >= 0.6 is 0 Å². The second-order valence-corrected chi connectivity index (χ2v) is 5.63. The summed E-state index contributed by atoms with van der Waals surface area (Å²) >= 11 is 0. The highest BCUT2D eigenvalue weighted by Crippen LogP contribution is 2.30. The van der Waals surface area contributed by atoms with Gasteiger partial charge in [-0.1, -0.05) is 6.07 Å². The van der Waals surface area contributed by atoms with E-state index in [9.17, 15) is 14.4 Å². The molecule has 1 aliphatic heterocycles. The van der Waals surface area contributed by atoms with Crippen molar-refractivity contribution in [2.24, 2.45) is 0 Å². The number of carbonyl (C=O) groups excluding carboxylic acids is 1. The first-order valence-corrected chi connectivity index (χ1v) is 7.53. The summed E-state index contributed by atoms with van der Waals surface area (Å²) in [6.07, 6.45) is 2.47. The second kappa shape index (κ2) is 6.55. The molecule has 120 valence electrons. The van der Waals surface area contributed by atoms with Gasteiger partial charge in [0, 0.05) is 12.1 Å². The number of benzene rings is 2. The normalized spacial score (nSPS) is 16.0. The number of nitriles is 1. The molecule has 0 saturated heterocycles. The molecule has 2 aromatic rings. The number of carbonyl (C=O) groups is 1. The van der Waals surface area contributed by atoms with Gasteiger partial charge in [-0.15, -0.1) is 0 Å². The molecule has 1 aliphatic rings. The molecule has 1 N–H and O–H groups in total. The molecule has 0 unspecified atom stereocenters. The zero-order chi connectivity index (χ0) is 17.1. The number of nitrogens with one attached hydrogen (secondary N) is 1. The highest BCUT2D eigenvalue weighted by Gasteiger charge is 2.19. The lowest BCUT2D eigenvalue weighted by Crippen LogP contribution is -2.13. The lowest BCUT2D eigenvalue weighted by Gasteiger charge is -2.05. The third kappa shape index (κ3) is 3.44. The SMILES string of the molecule is C[C@@H]1Cc2cc(/C=C(\C#N)C(=O)Nc3ccc(F)cc3)ccc2O1. The van der Waals surface area contributed by atoms with Crippen LogP contribution in [0.2, 0.25) is 0 Å². The first-order chi connectivity index (χ1) is 11.5. The van der Waals surface area contributed by atoms with Gasteiger partial charge in [-0.2, -0.15) is 5.26 Å². The summed E-state index contributed by atoms with van der Waals surface area (Å²) in [5.74, 6) is -0.0817. The number of rotatable bonds is 3. The minimum absolute atomic E-state index is 0.0220. The van der Waals surface area contributed by atoms with Crippen molar-refractivity contribution in [3.8, 4) is 11.8 Å². The predicted octanol–water partition coefficient (Wildman–Crippen LogP) is 3.69. The highest BCUT2D eigenvalue weighted by atomic mass is 19.1. The summed E-state index contributed by atoms with van der Waals surface area (Å²) < 4.78 is 18.5. The molecule has 1 amide bonds. The lowest BCUT2D eigenvalue weighted by molar-refractivity contribution is -0.112. The van der Waals surface area contributed by atoms with Gasteiger partial charge in [-0.3, -0.25) is 4.79 Å². The molecule has 2 aromatic carbocycles. The molecule has 0 saturated carbocycles. The van der Waals surface area contributed by atoms with E-state index in [2.05, 4.69) is 5.32 Å². The summed E-state index contributed by atoms with van der Waals surface area (Å²) in [4.78, 5) is 12.2. The topological polar surface area (TPSA) is 62.1 Å². The van der Waals surface area contributed by atoms with Crippen LogP contribution in [0.25, 0.3) is 6.08 Å². The van der Waals surface area contributed by atoms with Gasteiger partial charge in [-0.05, 0) is 60.5 Å². The lowest BCUT2D eigenvalue weighted by atomic mass is 10.0. The van der Waals surface area contributed by atoms with Crippen LogP contribution in [0.1, 0.15) is 18.1 Å². The van der Waals surface area contributed by atoms with Gasteiger partial charge in [0.2, 0.25) is 0 Å². The number of halogens is 1. The highest BCUT2D eigenvalue weighted by molar-refractivity contribution is 6.09. The van der Waals surface area contributed by atoms with Gasteiger partial charge >= 0.3 is 0 Å². The predicted molar refractivity (Wildman–Crippen MR) is 88.9 cm³/mol. The van der Waals surface area contributed by atoms with E-state index >= 15 is 0 Å². The van der Waals surface area contributed by atoms with Gasteiger partial charge in [0.25, 0.3) is 5.91 Å². The molecule has 0 aromatic heterocycles. The number of anilines is 1. The quantitative estimate of drug-likeness (QED) is 0.692. The molecule has 0 radical (unpaired) electrons. The zero-order valence-corrected chi connectivity index (χ0v) is 13.0. The van der Waals surface area contributed by atoms with Crippen molar-refractivity contribution in [2.75, 3.05) is 5.32 Å². The monoisotopic (exact) mass is 322 g/mol. The minimum Gasteiger partial charge on any atom is -0.490 e. The molecule has 1 heterocycles. The second-order valence-electron chi connectivity index (χ2n) is 5.63. The van der Waals surface area contributed by atoms with Crippen molar-refractivity contribution in [1.29, 1.82) is 5.26 Å². The van der Waals surface area contributed by atoms with Gasteiger partial charge in [0.05, 0.1) is 0 Å². The smallest absolute Gasteiger partial charge is 0.266 e. The summed E-state index contributed by atoms with van der Waals surface area (Å²) in [6, 6.07) is 12.8. The molecular weight excluding hydrogens is 307 g/mol. The Morgan fingerprint density at radius 1 is 1.33 bits per heavy atom. The van der Waals surface area contributed by atoms with Crippen LogP contribution in [0.5, 0.6) is 5.75 Å². The Morgan fingerprint density at radius 3 is 2.79 bits per heavy atom. The van der Waals surface area contributed by atoms with Crippen LogP contribution in [0.15, 0.2) is 48.0 Å². The number of nitrogens with zero attached hydrogens (tertiary/aromatic N) is 1. The van der Waals surface area contributed by atoms with Crippen LogP contribution in [-0.2, 0) is 11.2 Å². The number of fused-ring (bicyclic) bond motifs is 1. The third-order valence-corrected chi connectivity index (χ3v) is 3.70. The van der Waals surface area contributed by atoms with Crippen molar-refractivity contribution >= 4 is 17.7 Å². The van der Waals surface area contributed by atoms with E-state index in [1.165, 1.54) is 30.3 Å². The Labute approximate surface area is 139 Å². The van der Waals surface area contributed by atoms with Crippen LogP contribution in [0, 0.1) is 17.1 Å². The molecule has 4 nitrogen and oxygen atoms in total. The molecule has 0 spiro atoms. The minimum atomic E-state index is -0.533. The Morgan fingerprint density at radius 2 is 2.08 bits per heavy atom. The average Bonchev–Trinajstić information content (AvgIpc) is 2.94. The zero-order valence-electron chi connectivity index (χ0n) is 13.0. The number of ether oxygens (including phenoxy) is 1. The van der Waals surface area contributed by atoms with Crippen LogP contribution in [0.3, 0.4) is 0 Å². The Hall–Kier alpha value is -3.13. The maximum Gasteiger partial charge on any atom is 0.266 e. The van der Waals surface area contributed by atoms with Gasteiger partial charge < -0.3 is 10.1 Å². The maximum absolute atomic E-state index is 12.9.